The van der Waals surface area contributed by atoms with Crippen LogP contribution in [0.4, 0.5) is 5.69 Å². The van der Waals surface area contributed by atoms with Crippen LogP contribution in [0.2, 0.25) is 0 Å². The van der Waals surface area contributed by atoms with Crippen LogP contribution >= 0.6 is 0 Å². The van der Waals surface area contributed by atoms with Crippen molar-refractivity contribution in [1.82, 2.24) is 4.57 Å². The van der Waals surface area contributed by atoms with Gasteiger partial charge >= 0.3 is 5.97 Å². The van der Waals surface area contributed by atoms with Crippen molar-refractivity contribution in [2.75, 3.05) is 12.3 Å². The third kappa shape index (κ3) is 3.50. The molecule has 1 heterocycles. The molecule has 0 aliphatic rings. The number of carbonyl (C=O) groups excluding carboxylic acids is 2. The molecule has 0 unspecified atom stereocenters. The molecular weight excluding hydrogens is 304 g/mol. The molecule has 5 heteroatoms. The van der Waals surface area contributed by atoms with Gasteiger partial charge in [0.2, 0.25) is 5.78 Å². The maximum absolute atomic E-state index is 12.4. The summed E-state index contributed by atoms with van der Waals surface area (Å²) in [6.07, 6.45) is 0.992. The van der Waals surface area contributed by atoms with Gasteiger partial charge in [0.15, 0.2) is 6.61 Å². The van der Waals surface area contributed by atoms with Crippen LogP contribution in [-0.4, -0.2) is 22.9 Å². The van der Waals surface area contributed by atoms with Crippen molar-refractivity contribution >= 4 is 17.4 Å². The summed E-state index contributed by atoms with van der Waals surface area (Å²) in [6.45, 7) is 8.37. The Bertz CT molecular complexity index is 775. The van der Waals surface area contributed by atoms with E-state index < -0.39 is 5.97 Å². The number of aromatic nitrogens is 1. The lowest BCUT2D eigenvalue weighted by atomic mass is 10.1. The molecular formula is C19H24N2O3. The maximum Gasteiger partial charge on any atom is 0.340 e. The van der Waals surface area contributed by atoms with E-state index in [1.807, 2.05) is 32.9 Å². The van der Waals surface area contributed by atoms with Gasteiger partial charge in [-0.15, -0.1) is 0 Å². The quantitative estimate of drug-likeness (QED) is 0.501. The molecule has 2 aromatic rings. The van der Waals surface area contributed by atoms with E-state index in [0.717, 1.165) is 29.9 Å². The van der Waals surface area contributed by atoms with Crippen LogP contribution in [0, 0.1) is 20.8 Å². The van der Waals surface area contributed by atoms with Gasteiger partial charge in [0.05, 0.1) is 5.56 Å². The molecule has 0 radical (unpaired) electrons. The number of ketones is 1. The van der Waals surface area contributed by atoms with Crippen LogP contribution < -0.4 is 5.73 Å². The number of hydrogen-bond acceptors (Lipinski definition) is 4. The second kappa shape index (κ2) is 7.34. The first-order chi connectivity index (χ1) is 11.4. The molecule has 0 bridgehead atoms. The van der Waals surface area contributed by atoms with Crippen molar-refractivity contribution in [2.24, 2.45) is 0 Å². The van der Waals surface area contributed by atoms with Gasteiger partial charge in [0.1, 0.15) is 0 Å². The number of nitrogens with zero attached hydrogens (tertiary/aromatic N) is 1. The molecule has 2 rings (SSSR count). The minimum Gasteiger partial charge on any atom is -0.454 e. The number of nitrogens with two attached hydrogens (primary N) is 1. The van der Waals surface area contributed by atoms with Crippen molar-refractivity contribution < 1.29 is 14.3 Å². The number of nitrogen functional groups attached to an aromatic ring is 1. The predicted molar refractivity (Wildman–Crippen MR) is 94.4 cm³/mol. The minimum atomic E-state index is -0.577. The summed E-state index contributed by atoms with van der Waals surface area (Å²) in [7, 11) is 0. The summed E-state index contributed by atoms with van der Waals surface area (Å²) in [5.74, 6) is -0.781. The highest BCUT2D eigenvalue weighted by Gasteiger charge is 2.18. The lowest BCUT2D eigenvalue weighted by Crippen LogP contribution is -2.16. The second-order valence-corrected chi connectivity index (χ2v) is 5.97. The Morgan fingerprint density at radius 3 is 2.54 bits per heavy atom. The van der Waals surface area contributed by atoms with Crippen molar-refractivity contribution in [3.05, 3.63) is 52.3 Å². The first kappa shape index (κ1) is 17.8. The van der Waals surface area contributed by atoms with Gasteiger partial charge in [0.25, 0.3) is 0 Å². The molecule has 1 aromatic carbocycles. The van der Waals surface area contributed by atoms with Crippen LogP contribution in [-0.2, 0) is 11.3 Å². The van der Waals surface area contributed by atoms with Gasteiger partial charge in [-0.3, -0.25) is 4.79 Å². The molecule has 2 N–H and O–H groups in total. The molecule has 128 valence electrons. The summed E-state index contributed by atoms with van der Waals surface area (Å²) in [4.78, 5) is 24.6. The summed E-state index contributed by atoms with van der Waals surface area (Å²) in [5.41, 5.74) is 9.92. The topological polar surface area (TPSA) is 74.3 Å². The summed E-state index contributed by atoms with van der Waals surface area (Å²) in [6, 6.07) is 7.01. The maximum atomic E-state index is 12.4. The lowest BCUT2D eigenvalue weighted by Gasteiger charge is -2.09. The van der Waals surface area contributed by atoms with E-state index in [0.29, 0.717) is 16.8 Å². The third-order valence-electron chi connectivity index (χ3n) is 4.20. The van der Waals surface area contributed by atoms with E-state index in [1.54, 1.807) is 12.1 Å². The molecule has 0 spiro atoms. The standard InChI is InChI=1S/C19H24N2O3/c1-5-9-21-13(3)10-16(14(21)4)17(22)11-24-19(23)15-8-6-7-12(2)18(15)20/h6-8,10H,5,9,11,20H2,1-4H3. The van der Waals surface area contributed by atoms with Gasteiger partial charge < -0.3 is 15.0 Å². The van der Waals surface area contributed by atoms with E-state index in [-0.39, 0.29) is 12.4 Å². The SMILES string of the molecule is CCCn1c(C)cc(C(=O)COC(=O)c2cccc(C)c2N)c1C. The van der Waals surface area contributed by atoms with Crippen LogP contribution in [0.3, 0.4) is 0 Å². The molecule has 0 aliphatic carbocycles. The number of hydrogen-bond donors (Lipinski definition) is 1. The number of ether oxygens (including phenoxy) is 1. The third-order valence-corrected chi connectivity index (χ3v) is 4.20. The molecule has 1 aromatic heterocycles. The highest BCUT2D eigenvalue weighted by molar-refractivity contribution is 6.01. The van der Waals surface area contributed by atoms with Crippen LogP contribution in [0.15, 0.2) is 24.3 Å². The van der Waals surface area contributed by atoms with E-state index in [9.17, 15) is 9.59 Å². The Hall–Kier alpha value is -2.56. The first-order valence-corrected chi connectivity index (χ1v) is 8.09. The van der Waals surface area contributed by atoms with E-state index >= 15 is 0 Å². The second-order valence-electron chi connectivity index (χ2n) is 5.97. The largest absolute Gasteiger partial charge is 0.454 e. The molecule has 0 amide bonds. The minimum absolute atomic E-state index is 0.204. The summed E-state index contributed by atoms with van der Waals surface area (Å²) >= 11 is 0. The van der Waals surface area contributed by atoms with E-state index in [4.69, 9.17) is 10.5 Å². The number of esters is 1. The van der Waals surface area contributed by atoms with E-state index in [2.05, 4.69) is 11.5 Å². The Morgan fingerprint density at radius 1 is 1.17 bits per heavy atom. The van der Waals surface area contributed by atoms with Crippen molar-refractivity contribution in [3.63, 3.8) is 0 Å². The number of benzene rings is 1. The van der Waals surface area contributed by atoms with E-state index in [1.165, 1.54) is 0 Å². The number of carbonyl (C=O) groups is 2. The first-order valence-electron chi connectivity index (χ1n) is 8.09. The number of rotatable bonds is 6. The van der Waals surface area contributed by atoms with Gasteiger partial charge in [-0.25, -0.2) is 4.79 Å². The van der Waals surface area contributed by atoms with Crippen molar-refractivity contribution in [1.29, 1.82) is 0 Å². The van der Waals surface area contributed by atoms with Crippen LogP contribution in [0.1, 0.15) is 51.0 Å². The fourth-order valence-electron chi connectivity index (χ4n) is 2.80. The van der Waals surface area contributed by atoms with Crippen molar-refractivity contribution in [2.45, 2.75) is 40.7 Å². The molecule has 0 saturated heterocycles. The van der Waals surface area contributed by atoms with Gasteiger partial charge in [0, 0.05) is 29.2 Å². The van der Waals surface area contributed by atoms with Crippen LogP contribution in [0.5, 0.6) is 0 Å². The molecule has 0 fully saturated rings. The molecule has 0 saturated carbocycles. The number of aryl methyl sites for hydroxylation is 2. The van der Waals surface area contributed by atoms with Gasteiger partial charge in [-0.2, -0.15) is 0 Å². The Kier molecular flexibility index (Phi) is 5.44. The zero-order valence-electron chi connectivity index (χ0n) is 14.7. The molecule has 5 nitrogen and oxygen atoms in total. The fraction of sp³-hybridized carbons (Fsp3) is 0.368. The number of anilines is 1. The molecule has 0 aliphatic heterocycles. The fourth-order valence-corrected chi connectivity index (χ4v) is 2.80. The smallest absolute Gasteiger partial charge is 0.340 e. The highest BCUT2D eigenvalue weighted by atomic mass is 16.5. The average Bonchev–Trinajstić information content (AvgIpc) is 2.83. The Morgan fingerprint density at radius 2 is 1.88 bits per heavy atom. The molecule has 0 atom stereocenters. The van der Waals surface area contributed by atoms with Gasteiger partial charge in [-0.05, 0) is 44.9 Å². The van der Waals surface area contributed by atoms with Gasteiger partial charge in [-0.1, -0.05) is 19.1 Å². The Labute approximate surface area is 142 Å². The molecule has 24 heavy (non-hydrogen) atoms. The normalized spacial score (nSPS) is 10.7. The van der Waals surface area contributed by atoms with Crippen LogP contribution in [0.25, 0.3) is 0 Å². The summed E-state index contributed by atoms with van der Waals surface area (Å²) in [5, 5.41) is 0. The average molecular weight is 328 g/mol. The summed E-state index contributed by atoms with van der Waals surface area (Å²) < 4.78 is 7.27. The lowest BCUT2D eigenvalue weighted by molar-refractivity contribution is 0.0475. The Balaban J connectivity index is 2.10. The van der Waals surface area contributed by atoms with Crippen molar-refractivity contribution in [3.8, 4) is 0 Å². The monoisotopic (exact) mass is 328 g/mol. The zero-order chi connectivity index (χ0) is 17.9. The zero-order valence-corrected chi connectivity index (χ0v) is 14.7. The number of Topliss-reactive ketones (excluding diaryl/α,β-unsaturated/α-hetero) is 1. The predicted octanol–water partition coefficient (Wildman–Crippen LogP) is 3.45. The highest BCUT2D eigenvalue weighted by Crippen LogP contribution is 2.19. The number of para-hydroxylation sites is 1.